The van der Waals surface area contributed by atoms with Crippen LogP contribution in [-0.2, 0) is 6.54 Å². The molecule has 1 aromatic heterocycles. The molecule has 0 fully saturated rings. The summed E-state index contributed by atoms with van der Waals surface area (Å²) in [7, 11) is 0. The Hall–Kier alpha value is -2.88. The van der Waals surface area contributed by atoms with E-state index >= 15 is 0 Å². The highest BCUT2D eigenvalue weighted by molar-refractivity contribution is 5.75. The van der Waals surface area contributed by atoms with E-state index in [1.54, 1.807) is 18.5 Å². The molecule has 0 spiro atoms. The van der Waals surface area contributed by atoms with E-state index in [-0.39, 0.29) is 6.03 Å². The minimum atomic E-state index is -0.230. The second kappa shape index (κ2) is 6.05. The highest BCUT2D eigenvalue weighted by Gasteiger charge is 2.03. The fourth-order valence-electron chi connectivity index (χ4n) is 2.09. The van der Waals surface area contributed by atoms with E-state index in [4.69, 9.17) is 0 Å². The Morgan fingerprint density at radius 3 is 2.33 bits per heavy atom. The first-order valence-electron chi connectivity index (χ1n) is 6.75. The van der Waals surface area contributed by atoms with E-state index in [9.17, 15) is 4.79 Å². The van der Waals surface area contributed by atoms with E-state index in [0.717, 1.165) is 11.1 Å². The summed E-state index contributed by atoms with van der Waals surface area (Å²) in [6.07, 6.45) is 3.20. The van der Waals surface area contributed by atoms with Gasteiger partial charge < -0.3 is 5.32 Å². The first kappa shape index (κ1) is 13.1. The second-order valence-corrected chi connectivity index (χ2v) is 4.67. The van der Waals surface area contributed by atoms with Crippen molar-refractivity contribution in [2.75, 3.05) is 0 Å². The monoisotopic (exact) mass is 277 g/mol. The maximum absolute atomic E-state index is 11.8. The van der Waals surface area contributed by atoms with Crippen molar-refractivity contribution < 1.29 is 4.79 Å². The number of nitrogens with one attached hydrogen (secondary N) is 1. The molecule has 104 valence electrons. The first-order valence-corrected chi connectivity index (χ1v) is 6.75. The Morgan fingerprint density at radius 2 is 1.67 bits per heavy atom. The Morgan fingerprint density at radius 1 is 0.952 bits per heavy atom. The van der Waals surface area contributed by atoms with Crippen molar-refractivity contribution in [2.24, 2.45) is 0 Å². The van der Waals surface area contributed by atoms with Crippen LogP contribution in [0.5, 0.6) is 0 Å². The molecule has 0 aliphatic heterocycles. The molecule has 0 bridgehead atoms. The van der Waals surface area contributed by atoms with Crippen LogP contribution in [0.1, 0.15) is 5.56 Å². The van der Waals surface area contributed by atoms with E-state index in [1.165, 1.54) is 10.2 Å². The van der Waals surface area contributed by atoms with Crippen molar-refractivity contribution in [2.45, 2.75) is 6.54 Å². The summed E-state index contributed by atoms with van der Waals surface area (Å²) in [4.78, 5) is 11.8. The SMILES string of the molecule is O=C(NCc1ccc(-c2ccccc2)cc1)n1cccn1. The molecule has 0 aliphatic carbocycles. The lowest BCUT2D eigenvalue weighted by molar-refractivity contribution is 0.239. The zero-order chi connectivity index (χ0) is 14.5. The van der Waals surface area contributed by atoms with Gasteiger partial charge in [0, 0.05) is 18.9 Å². The summed E-state index contributed by atoms with van der Waals surface area (Å²) in [5.74, 6) is 0. The van der Waals surface area contributed by atoms with Gasteiger partial charge in [0.05, 0.1) is 0 Å². The molecule has 3 aromatic rings. The Bertz CT molecular complexity index is 704. The first-order chi connectivity index (χ1) is 10.3. The van der Waals surface area contributed by atoms with Crippen molar-refractivity contribution in [3.63, 3.8) is 0 Å². The van der Waals surface area contributed by atoms with Crippen molar-refractivity contribution in [1.82, 2.24) is 15.1 Å². The van der Waals surface area contributed by atoms with Crippen molar-refractivity contribution in [3.8, 4) is 11.1 Å². The third-order valence-corrected chi connectivity index (χ3v) is 3.22. The summed E-state index contributed by atoms with van der Waals surface area (Å²) in [6.45, 7) is 0.480. The Kier molecular flexibility index (Phi) is 3.78. The largest absolute Gasteiger partial charge is 0.342 e. The molecule has 0 aliphatic rings. The van der Waals surface area contributed by atoms with E-state index in [0.29, 0.717) is 6.54 Å². The molecule has 3 rings (SSSR count). The van der Waals surface area contributed by atoms with Crippen LogP contribution >= 0.6 is 0 Å². The van der Waals surface area contributed by atoms with Crippen LogP contribution in [0.15, 0.2) is 73.1 Å². The Labute approximate surface area is 123 Å². The van der Waals surface area contributed by atoms with Gasteiger partial charge in [0.15, 0.2) is 0 Å². The highest BCUT2D eigenvalue weighted by atomic mass is 16.2. The lowest BCUT2D eigenvalue weighted by Crippen LogP contribution is -2.28. The molecule has 21 heavy (non-hydrogen) atoms. The van der Waals surface area contributed by atoms with Gasteiger partial charge in [-0.3, -0.25) is 0 Å². The van der Waals surface area contributed by atoms with Gasteiger partial charge in [-0.15, -0.1) is 0 Å². The van der Waals surface area contributed by atoms with E-state index < -0.39 is 0 Å². The van der Waals surface area contributed by atoms with Crippen LogP contribution < -0.4 is 5.32 Å². The normalized spacial score (nSPS) is 10.3. The molecule has 4 nitrogen and oxygen atoms in total. The van der Waals surface area contributed by atoms with E-state index in [2.05, 4.69) is 34.7 Å². The quantitative estimate of drug-likeness (QED) is 0.798. The molecular formula is C17H15N3O. The smallest absolute Gasteiger partial charge is 0.332 e. The summed E-state index contributed by atoms with van der Waals surface area (Å²) in [5, 5.41) is 6.71. The minimum Gasteiger partial charge on any atom is -0.332 e. The van der Waals surface area contributed by atoms with Crippen molar-refractivity contribution >= 4 is 6.03 Å². The predicted molar refractivity (Wildman–Crippen MR) is 81.7 cm³/mol. The zero-order valence-electron chi connectivity index (χ0n) is 11.4. The number of hydrogen-bond donors (Lipinski definition) is 1. The van der Waals surface area contributed by atoms with Gasteiger partial charge >= 0.3 is 6.03 Å². The van der Waals surface area contributed by atoms with E-state index in [1.807, 2.05) is 30.3 Å². The minimum absolute atomic E-state index is 0.230. The fraction of sp³-hybridized carbons (Fsp3) is 0.0588. The average Bonchev–Trinajstić information content (AvgIpc) is 3.08. The van der Waals surface area contributed by atoms with Gasteiger partial charge in [0.1, 0.15) is 0 Å². The molecule has 1 amide bonds. The average molecular weight is 277 g/mol. The van der Waals surface area contributed by atoms with Gasteiger partial charge in [-0.1, -0.05) is 54.6 Å². The zero-order valence-corrected chi connectivity index (χ0v) is 11.4. The van der Waals surface area contributed by atoms with Gasteiger partial charge in [-0.05, 0) is 22.8 Å². The summed E-state index contributed by atoms with van der Waals surface area (Å²) in [6, 6.07) is 19.8. The molecule has 2 aromatic carbocycles. The molecule has 4 heteroatoms. The van der Waals surface area contributed by atoms with Gasteiger partial charge in [0.25, 0.3) is 0 Å². The number of carbonyl (C=O) groups excluding carboxylic acids is 1. The van der Waals surface area contributed by atoms with Crippen molar-refractivity contribution in [3.05, 3.63) is 78.6 Å². The summed E-state index contributed by atoms with van der Waals surface area (Å²) < 4.78 is 1.28. The molecule has 1 heterocycles. The maximum atomic E-state index is 11.8. The number of nitrogens with zero attached hydrogens (tertiary/aromatic N) is 2. The third kappa shape index (κ3) is 3.17. The lowest BCUT2D eigenvalue weighted by Gasteiger charge is -2.06. The highest BCUT2D eigenvalue weighted by Crippen LogP contribution is 2.19. The maximum Gasteiger partial charge on any atom is 0.342 e. The number of rotatable bonds is 3. The molecule has 1 N–H and O–H groups in total. The number of hydrogen-bond acceptors (Lipinski definition) is 2. The third-order valence-electron chi connectivity index (χ3n) is 3.22. The molecule has 0 unspecified atom stereocenters. The van der Waals surface area contributed by atoms with Crippen LogP contribution in [0.4, 0.5) is 4.79 Å². The fourth-order valence-corrected chi connectivity index (χ4v) is 2.09. The number of amides is 1. The molecule has 0 atom stereocenters. The number of carbonyl (C=O) groups is 1. The van der Waals surface area contributed by atoms with Gasteiger partial charge in [0.2, 0.25) is 0 Å². The Balaban J connectivity index is 1.64. The molecule has 0 saturated heterocycles. The number of benzene rings is 2. The number of aromatic nitrogens is 2. The molecular weight excluding hydrogens is 262 g/mol. The van der Waals surface area contributed by atoms with Crippen molar-refractivity contribution in [1.29, 1.82) is 0 Å². The second-order valence-electron chi connectivity index (χ2n) is 4.67. The predicted octanol–water partition coefficient (Wildman–Crippen LogP) is 3.31. The molecule has 0 radical (unpaired) electrons. The van der Waals surface area contributed by atoms with Crippen LogP contribution in [-0.4, -0.2) is 15.8 Å². The van der Waals surface area contributed by atoms with Gasteiger partial charge in [-0.2, -0.15) is 9.78 Å². The standard InChI is InChI=1S/C17H15N3O/c21-17(20-12-4-11-19-20)18-13-14-7-9-16(10-8-14)15-5-2-1-3-6-15/h1-12H,13H2,(H,18,21). The summed E-state index contributed by atoms with van der Waals surface area (Å²) >= 11 is 0. The van der Waals surface area contributed by atoms with Gasteiger partial charge in [-0.25, -0.2) is 4.79 Å². The molecule has 0 saturated carbocycles. The van der Waals surface area contributed by atoms with Crippen LogP contribution in [0, 0.1) is 0 Å². The summed E-state index contributed by atoms with van der Waals surface area (Å²) in [5.41, 5.74) is 3.40. The topological polar surface area (TPSA) is 46.9 Å². The van der Waals surface area contributed by atoms with Crippen LogP contribution in [0.2, 0.25) is 0 Å². The van der Waals surface area contributed by atoms with Crippen LogP contribution in [0.25, 0.3) is 11.1 Å². The van der Waals surface area contributed by atoms with Crippen LogP contribution in [0.3, 0.4) is 0 Å². The lowest BCUT2D eigenvalue weighted by atomic mass is 10.0.